The van der Waals surface area contributed by atoms with Crippen LogP contribution in [0.25, 0.3) is 11.0 Å². The number of carboxylic acids is 1. The molecule has 0 saturated carbocycles. The molecule has 4 aliphatic heterocycles. The number of aliphatic hydroxyl groups excluding tert-OH is 3. The van der Waals surface area contributed by atoms with Gasteiger partial charge in [-0.3, -0.25) is 9.59 Å². The van der Waals surface area contributed by atoms with Gasteiger partial charge < -0.3 is 83.6 Å². The fraction of sp³-hybridized carbons (Fsp3) is 0.811. The van der Waals surface area contributed by atoms with Crippen molar-refractivity contribution in [3.63, 3.8) is 0 Å². The third kappa shape index (κ3) is 14.0. The number of esters is 1. The Kier molecular flexibility index (Phi) is 21.2. The lowest BCUT2D eigenvalue weighted by Crippen LogP contribution is -2.60. The molecule has 7 N–H and O–H groups in total. The SMILES string of the molecule is CC[C@H]1OC(=O)[C@H](C)[C@@H](O[C@H]2C[C@@](C)(OC)[C@@H](O)[C@H](C)O2)[C@H](C)[C@@H](O[C@@H]2O[C@H](C)C[C@H](N(C)C)[C@H]2O)[C@](C)(O)C[C@@H](C)CN(C)[C@H](C)[C@@H](O)[C@]1(C)O.CCn1cc(C(=O)O)c(=O)c2cc(F)c(N3CCNCC3)nc21. The molecule has 0 unspecified atom stereocenters. The van der Waals surface area contributed by atoms with Gasteiger partial charge in [-0.15, -0.1) is 0 Å². The maximum atomic E-state index is 14.4. The van der Waals surface area contributed by atoms with E-state index in [-0.39, 0.29) is 54.1 Å². The molecular weight excluding hydrogens is 980 g/mol. The fourth-order valence-corrected chi connectivity index (χ4v) is 11.5. The van der Waals surface area contributed by atoms with E-state index >= 15 is 0 Å². The summed E-state index contributed by atoms with van der Waals surface area (Å²) < 4.78 is 53.5. The molecule has 0 aliphatic carbocycles. The molecule has 2 aromatic heterocycles. The zero-order chi connectivity index (χ0) is 56.2. The van der Waals surface area contributed by atoms with Crippen LogP contribution in [0.3, 0.4) is 0 Å². The first-order valence-electron chi connectivity index (χ1n) is 26.6. The Hall–Kier alpha value is -3.49. The number of hydrogen-bond donors (Lipinski definition) is 7. The third-order valence-corrected chi connectivity index (χ3v) is 16.2. The van der Waals surface area contributed by atoms with E-state index in [0.717, 1.165) is 19.2 Å². The number of aryl methyl sites for hydroxylation is 1. The highest BCUT2D eigenvalue weighted by atomic mass is 19.1. The van der Waals surface area contributed by atoms with Gasteiger partial charge in [0.25, 0.3) is 0 Å². The van der Waals surface area contributed by atoms with E-state index in [9.17, 15) is 44.3 Å². The van der Waals surface area contributed by atoms with Crippen molar-refractivity contribution in [2.24, 2.45) is 17.8 Å². The first-order chi connectivity index (χ1) is 34.9. The topological polar surface area (TPSA) is 268 Å². The van der Waals surface area contributed by atoms with Gasteiger partial charge in [-0.05, 0) is 108 Å². The van der Waals surface area contributed by atoms with Gasteiger partial charge in [0.15, 0.2) is 24.2 Å². The van der Waals surface area contributed by atoms with Crippen LogP contribution in [0.4, 0.5) is 10.2 Å². The van der Waals surface area contributed by atoms with Crippen LogP contribution in [-0.4, -0.2) is 213 Å². The average molecular weight is 1070 g/mol. The molecule has 4 aliphatic rings. The molecule has 2 aromatic rings. The van der Waals surface area contributed by atoms with Crippen molar-refractivity contribution < 1.29 is 73.0 Å². The summed E-state index contributed by atoms with van der Waals surface area (Å²) in [5.41, 5.74) is -5.16. The number of aliphatic hydroxyl groups is 5. The number of likely N-dealkylation sites (N-methyl/N-ethyl adjacent to an activating group) is 2. The van der Waals surface area contributed by atoms with E-state index in [1.165, 1.54) is 20.2 Å². The van der Waals surface area contributed by atoms with Gasteiger partial charge in [-0.1, -0.05) is 20.8 Å². The smallest absolute Gasteiger partial charge is 0.341 e. The Morgan fingerprint density at radius 2 is 1.61 bits per heavy atom. The molecular formula is C53H89FN6O15. The number of pyridine rings is 2. The van der Waals surface area contributed by atoms with Crippen LogP contribution in [-0.2, 0) is 39.8 Å². The number of aromatic carboxylic acids is 1. The maximum absolute atomic E-state index is 14.4. The number of carbonyl (C=O) groups excluding carboxylic acids is 1. The number of fused-ring (bicyclic) bond motifs is 1. The van der Waals surface area contributed by atoms with Crippen LogP contribution < -0.4 is 15.6 Å². The molecule has 4 saturated heterocycles. The van der Waals surface area contributed by atoms with Gasteiger partial charge in [0.1, 0.15) is 41.2 Å². The molecule has 21 nitrogen and oxygen atoms in total. The Bertz CT molecular complexity index is 2280. The van der Waals surface area contributed by atoms with Crippen LogP contribution in [0.2, 0.25) is 0 Å². The second-order valence-corrected chi connectivity index (χ2v) is 22.5. The van der Waals surface area contributed by atoms with Crippen molar-refractivity contribution in [1.29, 1.82) is 0 Å². The third-order valence-electron chi connectivity index (χ3n) is 16.2. The van der Waals surface area contributed by atoms with E-state index in [4.69, 9.17) is 33.5 Å². The van der Waals surface area contributed by atoms with Gasteiger partial charge >= 0.3 is 11.9 Å². The Morgan fingerprint density at radius 3 is 2.19 bits per heavy atom. The van der Waals surface area contributed by atoms with Gasteiger partial charge in [0.2, 0.25) is 5.43 Å². The average Bonchev–Trinajstić information content (AvgIpc) is 3.35. The predicted molar refractivity (Wildman–Crippen MR) is 278 cm³/mol. The molecule has 0 radical (unpaired) electrons. The first-order valence-corrected chi connectivity index (χ1v) is 26.6. The monoisotopic (exact) mass is 1070 g/mol. The van der Waals surface area contributed by atoms with Gasteiger partial charge in [-0.2, -0.15) is 0 Å². The van der Waals surface area contributed by atoms with Gasteiger partial charge in [-0.25, -0.2) is 14.2 Å². The number of carboxylic acid groups (broad SMARTS) is 1. The van der Waals surface area contributed by atoms with Crippen LogP contribution >= 0.6 is 0 Å². The number of aromatic nitrogens is 2. The lowest BCUT2D eigenvalue weighted by Gasteiger charge is -2.48. The first kappa shape index (κ1) is 62.4. The van der Waals surface area contributed by atoms with E-state index < -0.39 is 113 Å². The Labute approximate surface area is 441 Å². The van der Waals surface area contributed by atoms with E-state index in [1.807, 2.05) is 63.5 Å². The van der Waals surface area contributed by atoms with Crippen LogP contribution in [0.1, 0.15) is 112 Å². The lowest BCUT2D eigenvalue weighted by molar-refractivity contribution is -0.318. The van der Waals surface area contributed by atoms with Gasteiger partial charge in [0.05, 0.1) is 46.9 Å². The summed E-state index contributed by atoms with van der Waals surface area (Å²) in [6.45, 7) is 23.0. The molecule has 0 spiro atoms. The number of nitrogens with one attached hydrogen (secondary N) is 1. The van der Waals surface area contributed by atoms with Crippen molar-refractivity contribution in [3.8, 4) is 0 Å². The normalized spacial score (nSPS) is 39.0. The zero-order valence-electron chi connectivity index (χ0n) is 46.9. The number of carbonyl (C=O) groups is 2. The lowest BCUT2D eigenvalue weighted by atomic mass is 9.77. The van der Waals surface area contributed by atoms with Crippen molar-refractivity contribution in [2.75, 3.05) is 65.9 Å². The standard InChI is InChI=1S/C38H72N2O12.C15H17FN4O3/c1-15-27-38(10,46)31(42)24(6)40(13)19-20(2)17-36(8,45)33(52-35-29(41)26(39(11)12)16-21(3)48-35)22(4)30(23(5)34(44)50-27)51-28-18-37(9,47-14)32(43)25(7)49-28;1-2-19-8-10(15(22)23)12(21)9-7-11(16)14(18-13(9)19)20-5-3-17-4-6-20/h20-33,35,41-43,45-46H,15-19H2,1-14H3;7-8,17H,2-6H2,1H3,(H,22,23)/t20-,21-,22+,23-,24-,25+,26+,27-,28+,29-,30+,31-,32+,33-,35+,36-,37-,38-;/m1./s1. The Morgan fingerprint density at radius 1 is 0.973 bits per heavy atom. The minimum Gasteiger partial charge on any atom is -0.477 e. The molecule has 0 amide bonds. The highest BCUT2D eigenvalue weighted by Crippen LogP contribution is 2.40. The van der Waals surface area contributed by atoms with Crippen molar-refractivity contribution in [3.05, 3.63) is 33.9 Å². The summed E-state index contributed by atoms with van der Waals surface area (Å²) in [6, 6.07) is 0.290. The minimum absolute atomic E-state index is 0.0110. The Balaban J connectivity index is 0.000000372. The highest BCUT2D eigenvalue weighted by Gasteiger charge is 2.53. The van der Waals surface area contributed by atoms with Crippen molar-refractivity contribution in [1.82, 2.24) is 24.7 Å². The second kappa shape index (κ2) is 25.5. The summed E-state index contributed by atoms with van der Waals surface area (Å²) in [7, 11) is 7.12. The van der Waals surface area contributed by atoms with Gasteiger partial charge in [0, 0.05) is 77.0 Å². The molecule has 428 valence electrons. The summed E-state index contributed by atoms with van der Waals surface area (Å²) in [4.78, 5) is 47.6. The van der Waals surface area contributed by atoms with Crippen LogP contribution in [0, 0.1) is 23.6 Å². The summed E-state index contributed by atoms with van der Waals surface area (Å²) in [5, 5.41) is 70.4. The van der Waals surface area contributed by atoms with E-state index in [2.05, 4.69) is 10.3 Å². The molecule has 0 aromatic carbocycles. The van der Waals surface area contributed by atoms with Crippen LogP contribution in [0.15, 0.2) is 17.1 Å². The number of halogens is 1. The molecule has 18 atom stereocenters. The van der Waals surface area contributed by atoms with Crippen molar-refractivity contribution in [2.45, 2.75) is 199 Å². The number of rotatable bonds is 10. The minimum atomic E-state index is -1.80. The number of nitrogens with zero attached hydrogens (tertiary/aromatic N) is 5. The molecule has 6 heterocycles. The number of ether oxygens (including phenoxy) is 6. The number of piperazine rings is 1. The van der Waals surface area contributed by atoms with E-state index in [1.54, 1.807) is 46.1 Å². The molecule has 22 heteroatoms. The second-order valence-electron chi connectivity index (χ2n) is 22.5. The molecule has 0 bridgehead atoms. The highest BCUT2D eigenvalue weighted by molar-refractivity contribution is 5.92. The summed E-state index contributed by atoms with van der Waals surface area (Å²) >= 11 is 0. The predicted octanol–water partition coefficient (Wildman–Crippen LogP) is 2.56. The zero-order valence-corrected chi connectivity index (χ0v) is 46.9. The maximum Gasteiger partial charge on any atom is 0.341 e. The number of hydrogen-bond acceptors (Lipinski definition) is 19. The molecule has 75 heavy (non-hydrogen) atoms. The quantitative estimate of drug-likeness (QED) is 0.169. The molecule has 6 rings (SSSR count). The summed E-state index contributed by atoms with van der Waals surface area (Å²) in [5.74, 6) is -4.32. The molecule has 4 fully saturated rings. The number of methoxy groups -OCH3 is 1. The fourth-order valence-electron chi connectivity index (χ4n) is 11.5. The van der Waals surface area contributed by atoms with Crippen molar-refractivity contribution >= 4 is 28.8 Å². The van der Waals surface area contributed by atoms with Crippen LogP contribution in [0.5, 0.6) is 0 Å². The largest absolute Gasteiger partial charge is 0.477 e. The summed E-state index contributed by atoms with van der Waals surface area (Å²) in [6.07, 6.45) is -6.93. The number of cyclic esters (lactones) is 1. The number of anilines is 1. The van der Waals surface area contributed by atoms with E-state index in [0.29, 0.717) is 38.2 Å².